The van der Waals surface area contributed by atoms with Gasteiger partial charge < -0.3 is 5.11 Å². The minimum atomic E-state index is -3.78. The monoisotopic (exact) mass is 229 g/mol. The Morgan fingerprint density at radius 1 is 1.33 bits per heavy atom. The van der Waals surface area contributed by atoms with E-state index in [4.69, 9.17) is 5.11 Å². The molecular weight excluding hydrogens is 218 g/mol. The Balaban J connectivity index is 2.87. The Morgan fingerprint density at radius 2 is 1.87 bits per heavy atom. The van der Waals surface area contributed by atoms with E-state index in [2.05, 4.69) is 0 Å². The maximum Gasteiger partial charge on any atom is 0.420 e. The molecule has 0 aliphatic heterocycles. The van der Waals surface area contributed by atoms with Gasteiger partial charge in [0, 0.05) is 7.05 Å². The van der Waals surface area contributed by atoms with Gasteiger partial charge in [0.25, 0.3) is 0 Å². The number of nitrogens with zero attached hydrogens (tertiary/aromatic N) is 1. The third-order valence-electron chi connectivity index (χ3n) is 1.88. The summed E-state index contributed by atoms with van der Waals surface area (Å²) in [4.78, 5) is 10.5. The summed E-state index contributed by atoms with van der Waals surface area (Å²) < 4.78 is 23.3. The van der Waals surface area contributed by atoms with Crippen LogP contribution in [0.25, 0.3) is 0 Å². The molecule has 0 spiro atoms. The second kappa shape index (κ2) is 4.31. The fourth-order valence-corrected chi connectivity index (χ4v) is 2.05. The number of benzene rings is 1. The Bertz CT molecular complexity index is 440. The highest BCUT2D eigenvalue weighted by atomic mass is 32.2. The van der Waals surface area contributed by atoms with Crippen LogP contribution in [0.4, 0.5) is 4.79 Å². The van der Waals surface area contributed by atoms with Crippen LogP contribution in [0.1, 0.15) is 5.56 Å². The lowest BCUT2D eigenvalue weighted by Gasteiger charge is -2.13. The van der Waals surface area contributed by atoms with Gasteiger partial charge in [-0.05, 0) is 5.56 Å². The molecule has 0 aromatic heterocycles. The number of sulfonamides is 1. The zero-order chi connectivity index (χ0) is 11.5. The summed E-state index contributed by atoms with van der Waals surface area (Å²) in [5.74, 6) is -0.309. The third kappa shape index (κ3) is 2.95. The lowest BCUT2D eigenvalue weighted by Crippen LogP contribution is -2.32. The van der Waals surface area contributed by atoms with Gasteiger partial charge in [-0.1, -0.05) is 30.3 Å². The Morgan fingerprint density at radius 3 is 2.33 bits per heavy atom. The van der Waals surface area contributed by atoms with Gasteiger partial charge >= 0.3 is 6.09 Å². The molecule has 5 nitrogen and oxygen atoms in total. The number of carbonyl (C=O) groups is 1. The molecule has 0 fully saturated rings. The minimum absolute atomic E-state index is 0.309. The van der Waals surface area contributed by atoms with Gasteiger partial charge in [0.05, 0.1) is 5.75 Å². The molecule has 0 heterocycles. The van der Waals surface area contributed by atoms with Crippen LogP contribution >= 0.6 is 0 Å². The molecule has 0 aliphatic rings. The summed E-state index contributed by atoms with van der Waals surface area (Å²) in [6, 6.07) is 8.43. The van der Waals surface area contributed by atoms with Crippen LogP contribution in [0.15, 0.2) is 30.3 Å². The van der Waals surface area contributed by atoms with E-state index in [-0.39, 0.29) is 5.75 Å². The highest BCUT2D eigenvalue weighted by Gasteiger charge is 2.22. The zero-order valence-corrected chi connectivity index (χ0v) is 8.94. The number of carboxylic acid groups (broad SMARTS) is 1. The molecule has 0 radical (unpaired) electrons. The van der Waals surface area contributed by atoms with Gasteiger partial charge in [-0.2, -0.15) is 0 Å². The average molecular weight is 229 g/mol. The largest absolute Gasteiger partial charge is 0.464 e. The second-order valence-electron chi connectivity index (χ2n) is 2.99. The predicted molar refractivity (Wildman–Crippen MR) is 54.9 cm³/mol. The summed E-state index contributed by atoms with van der Waals surface area (Å²) in [5.41, 5.74) is 0.561. The fraction of sp³-hybridized carbons (Fsp3) is 0.222. The van der Waals surface area contributed by atoms with Gasteiger partial charge in [-0.25, -0.2) is 17.5 Å². The van der Waals surface area contributed by atoms with Crippen molar-refractivity contribution >= 4 is 16.1 Å². The first-order valence-electron chi connectivity index (χ1n) is 4.17. The van der Waals surface area contributed by atoms with Crippen molar-refractivity contribution in [1.82, 2.24) is 4.31 Å². The van der Waals surface area contributed by atoms with Crippen LogP contribution in [0, 0.1) is 0 Å². The first-order valence-corrected chi connectivity index (χ1v) is 5.78. The fourth-order valence-electron chi connectivity index (χ4n) is 1.00. The molecule has 1 N–H and O–H groups in total. The zero-order valence-electron chi connectivity index (χ0n) is 8.12. The quantitative estimate of drug-likeness (QED) is 0.843. The third-order valence-corrected chi connectivity index (χ3v) is 3.57. The number of amides is 1. The Labute approximate surface area is 88.0 Å². The van der Waals surface area contributed by atoms with E-state index >= 15 is 0 Å². The summed E-state index contributed by atoms with van der Waals surface area (Å²) >= 11 is 0. The molecule has 15 heavy (non-hydrogen) atoms. The molecule has 0 atom stereocenters. The molecule has 0 saturated carbocycles. The van der Waals surface area contributed by atoms with Gasteiger partial charge in [-0.15, -0.1) is 0 Å². The first-order chi connectivity index (χ1) is 6.93. The van der Waals surface area contributed by atoms with E-state index in [0.29, 0.717) is 9.87 Å². The molecule has 1 rings (SSSR count). The van der Waals surface area contributed by atoms with E-state index in [0.717, 1.165) is 7.05 Å². The van der Waals surface area contributed by atoms with E-state index in [1.807, 2.05) is 0 Å². The van der Waals surface area contributed by atoms with Gasteiger partial charge in [0.15, 0.2) is 0 Å². The van der Waals surface area contributed by atoms with Gasteiger partial charge in [0.2, 0.25) is 10.0 Å². The van der Waals surface area contributed by atoms with E-state index in [9.17, 15) is 13.2 Å². The molecule has 1 amide bonds. The molecule has 0 unspecified atom stereocenters. The molecule has 0 bridgehead atoms. The summed E-state index contributed by atoms with van der Waals surface area (Å²) in [6.07, 6.45) is -1.48. The number of hydrogen-bond donors (Lipinski definition) is 1. The Hall–Kier alpha value is -1.56. The van der Waals surface area contributed by atoms with Crippen LogP contribution < -0.4 is 0 Å². The standard InChI is InChI=1S/C9H11NO4S/c1-10(9(11)12)15(13,14)7-8-5-3-2-4-6-8/h2-6H,7H2,1H3,(H,11,12). The highest BCUT2D eigenvalue weighted by Crippen LogP contribution is 2.08. The smallest absolute Gasteiger partial charge is 0.420 e. The van der Waals surface area contributed by atoms with Crippen LogP contribution in [0.3, 0.4) is 0 Å². The average Bonchev–Trinajstić information content (AvgIpc) is 2.17. The normalized spacial score (nSPS) is 11.0. The topological polar surface area (TPSA) is 74.7 Å². The molecular formula is C9H11NO4S. The van der Waals surface area contributed by atoms with Crippen molar-refractivity contribution in [3.63, 3.8) is 0 Å². The summed E-state index contributed by atoms with van der Waals surface area (Å²) in [6.45, 7) is 0. The lowest BCUT2D eigenvalue weighted by atomic mass is 10.2. The molecule has 1 aromatic carbocycles. The van der Waals surface area contributed by atoms with E-state index < -0.39 is 16.1 Å². The van der Waals surface area contributed by atoms with Crippen molar-refractivity contribution in [3.05, 3.63) is 35.9 Å². The maximum atomic E-state index is 11.5. The maximum absolute atomic E-state index is 11.5. The molecule has 0 saturated heterocycles. The molecule has 6 heteroatoms. The van der Waals surface area contributed by atoms with Crippen LogP contribution in [-0.4, -0.2) is 31.0 Å². The predicted octanol–water partition coefficient (Wildman–Crippen LogP) is 1.13. The van der Waals surface area contributed by atoms with Crippen LogP contribution in [-0.2, 0) is 15.8 Å². The van der Waals surface area contributed by atoms with Crippen LogP contribution in [0.2, 0.25) is 0 Å². The SMILES string of the molecule is CN(C(=O)O)S(=O)(=O)Cc1ccccc1. The summed E-state index contributed by atoms with van der Waals surface area (Å²) in [5, 5.41) is 8.54. The van der Waals surface area contributed by atoms with Crippen molar-refractivity contribution in [2.75, 3.05) is 7.05 Å². The number of hydrogen-bond acceptors (Lipinski definition) is 3. The number of rotatable bonds is 3. The van der Waals surface area contributed by atoms with E-state index in [1.54, 1.807) is 30.3 Å². The highest BCUT2D eigenvalue weighted by molar-refractivity contribution is 7.88. The minimum Gasteiger partial charge on any atom is -0.464 e. The van der Waals surface area contributed by atoms with Crippen molar-refractivity contribution in [3.8, 4) is 0 Å². The first kappa shape index (κ1) is 11.5. The van der Waals surface area contributed by atoms with Gasteiger partial charge in [0.1, 0.15) is 0 Å². The van der Waals surface area contributed by atoms with Crippen molar-refractivity contribution in [2.24, 2.45) is 0 Å². The van der Waals surface area contributed by atoms with E-state index in [1.165, 1.54) is 0 Å². The second-order valence-corrected chi connectivity index (χ2v) is 4.99. The molecule has 1 aromatic rings. The summed E-state index contributed by atoms with van der Waals surface area (Å²) in [7, 11) is -2.76. The lowest BCUT2D eigenvalue weighted by molar-refractivity contribution is 0.178. The molecule has 82 valence electrons. The molecule has 0 aliphatic carbocycles. The Kier molecular flexibility index (Phi) is 3.31. The van der Waals surface area contributed by atoms with Crippen molar-refractivity contribution in [1.29, 1.82) is 0 Å². The van der Waals surface area contributed by atoms with Gasteiger partial charge in [-0.3, -0.25) is 0 Å². The van der Waals surface area contributed by atoms with Crippen molar-refractivity contribution < 1.29 is 18.3 Å². The van der Waals surface area contributed by atoms with Crippen molar-refractivity contribution in [2.45, 2.75) is 5.75 Å². The van der Waals surface area contributed by atoms with Crippen LogP contribution in [0.5, 0.6) is 0 Å².